The van der Waals surface area contributed by atoms with Gasteiger partial charge in [0.05, 0.1) is 0 Å². The molecule has 0 aliphatic heterocycles. The Bertz CT molecular complexity index is 66.7. The van der Waals surface area contributed by atoms with Crippen molar-refractivity contribution in [3.05, 3.63) is 0 Å². The average Bonchev–Trinajstić information content (AvgIpc) is 0.722. The largest absolute Gasteiger partial charge is 1.00 e. The summed E-state index contributed by atoms with van der Waals surface area (Å²) >= 11 is 0. The van der Waals surface area contributed by atoms with E-state index < -0.39 is 7.82 Å². The molecule has 4 nitrogen and oxygen atoms in total. The van der Waals surface area contributed by atoms with Crippen molar-refractivity contribution in [1.82, 2.24) is 0 Å². The van der Waals surface area contributed by atoms with E-state index in [0.29, 0.717) is 0 Å². The SMILES string of the molecule is Cl.O=P(O)(O)O.[H-].[Na+].[Zr]. The molecule has 0 spiro atoms. The molecule has 0 amide bonds. The monoisotopic (exact) mass is 248 g/mol. The Balaban J connectivity index is -0.0000000133. The Kier molecular flexibility index (Phi) is 26.0. The van der Waals surface area contributed by atoms with E-state index >= 15 is 0 Å². The maximum absolute atomic E-state index is 8.88. The summed E-state index contributed by atoms with van der Waals surface area (Å²) in [6.45, 7) is 0. The average molecular weight is 250 g/mol. The van der Waals surface area contributed by atoms with Gasteiger partial charge in [-0.25, -0.2) is 4.57 Å². The van der Waals surface area contributed by atoms with Gasteiger partial charge in [-0.1, -0.05) is 0 Å². The Labute approximate surface area is 95.6 Å². The zero-order valence-corrected chi connectivity index (χ0v) is 10.3. The van der Waals surface area contributed by atoms with Gasteiger partial charge in [0.1, 0.15) is 0 Å². The minimum atomic E-state index is -4.64. The van der Waals surface area contributed by atoms with Crippen LogP contribution in [0.2, 0.25) is 0 Å². The number of hydrogen-bond acceptors (Lipinski definition) is 1. The van der Waals surface area contributed by atoms with Crippen molar-refractivity contribution in [2.75, 3.05) is 0 Å². The molecule has 0 bridgehead atoms. The van der Waals surface area contributed by atoms with Gasteiger partial charge in [-0.15, -0.1) is 12.4 Å². The normalized spacial score (nSPS) is 7.38. The first-order valence-electron chi connectivity index (χ1n) is 0.783. The van der Waals surface area contributed by atoms with Crippen LogP contribution < -0.4 is 29.6 Å². The predicted octanol–water partition coefficient (Wildman–Crippen LogP) is -3.39. The molecule has 0 aromatic rings. The Hall–Kier alpha value is 2.28. The van der Waals surface area contributed by atoms with Gasteiger partial charge in [0.15, 0.2) is 0 Å². The first-order valence-corrected chi connectivity index (χ1v) is 2.35. The van der Waals surface area contributed by atoms with Gasteiger partial charge in [0, 0.05) is 26.2 Å². The molecule has 0 aliphatic carbocycles. The minimum Gasteiger partial charge on any atom is -1.00 e. The van der Waals surface area contributed by atoms with Crippen molar-refractivity contribution in [2.45, 2.75) is 0 Å². The molecule has 0 saturated carbocycles. The van der Waals surface area contributed by atoms with Gasteiger partial charge in [0.2, 0.25) is 0 Å². The second-order valence-corrected chi connectivity index (χ2v) is 1.54. The molecular weight excluding hydrogens is 245 g/mol. The molecule has 8 heteroatoms. The maximum Gasteiger partial charge on any atom is 1.00 e. The van der Waals surface area contributed by atoms with Crippen LogP contribution >= 0.6 is 20.2 Å². The van der Waals surface area contributed by atoms with Crippen LogP contribution in [0.4, 0.5) is 0 Å². The Morgan fingerprint density at radius 2 is 1.25 bits per heavy atom. The first kappa shape index (κ1) is 22.4. The van der Waals surface area contributed by atoms with E-state index in [-0.39, 0.29) is 69.6 Å². The van der Waals surface area contributed by atoms with Gasteiger partial charge >= 0.3 is 37.4 Å². The number of halogens is 1. The van der Waals surface area contributed by atoms with E-state index in [1.807, 2.05) is 0 Å². The Morgan fingerprint density at radius 1 is 1.25 bits per heavy atom. The number of rotatable bonds is 0. The maximum atomic E-state index is 8.88. The summed E-state index contributed by atoms with van der Waals surface area (Å²) < 4.78 is 8.88. The van der Waals surface area contributed by atoms with Crippen LogP contribution in [0, 0.1) is 0 Å². The zero-order chi connectivity index (χ0) is 4.50. The van der Waals surface area contributed by atoms with Crippen molar-refractivity contribution in [1.29, 1.82) is 0 Å². The van der Waals surface area contributed by atoms with Crippen LogP contribution in [0.15, 0.2) is 0 Å². The molecule has 0 radical (unpaired) electrons. The topological polar surface area (TPSA) is 77.8 Å². The number of phosphoric acid groups is 1. The third-order valence-corrected chi connectivity index (χ3v) is 0. The molecule has 0 heterocycles. The van der Waals surface area contributed by atoms with E-state index in [2.05, 4.69) is 0 Å². The van der Waals surface area contributed by atoms with Gasteiger partial charge in [0.25, 0.3) is 0 Å². The summed E-state index contributed by atoms with van der Waals surface area (Å²) in [5, 5.41) is 0. The molecular formula is H5ClNaO4PZr. The molecule has 0 unspecified atom stereocenters. The Morgan fingerprint density at radius 3 is 1.25 bits per heavy atom. The van der Waals surface area contributed by atoms with Crippen molar-refractivity contribution in [3.8, 4) is 0 Å². The van der Waals surface area contributed by atoms with E-state index in [0.717, 1.165) is 0 Å². The molecule has 0 aliphatic rings. The minimum absolute atomic E-state index is 0. The van der Waals surface area contributed by atoms with E-state index in [9.17, 15) is 0 Å². The van der Waals surface area contributed by atoms with Gasteiger partial charge in [-0.2, -0.15) is 0 Å². The third-order valence-electron chi connectivity index (χ3n) is 0. The van der Waals surface area contributed by atoms with Crippen molar-refractivity contribution < 1.29 is 76.4 Å². The van der Waals surface area contributed by atoms with Crippen molar-refractivity contribution >= 4 is 20.2 Å². The summed E-state index contributed by atoms with van der Waals surface area (Å²) in [7, 11) is -4.64. The molecule has 0 aromatic heterocycles. The molecule has 0 saturated heterocycles. The predicted molar refractivity (Wildman–Crippen MR) is 22.6 cm³/mol. The third kappa shape index (κ3) is 84.3. The summed E-state index contributed by atoms with van der Waals surface area (Å²) in [6.07, 6.45) is 0. The van der Waals surface area contributed by atoms with Crippen LogP contribution in [-0.2, 0) is 30.8 Å². The molecule has 0 atom stereocenters. The fourth-order valence-electron chi connectivity index (χ4n) is 0. The molecule has 0 aromatic carbocycles. The van der Waals surface area contributed by atoms with E-state index in [1.165, 1.54) is 0 Å². The van der Waals surface area contributed by atoms with Crippen LogP contribution in [0.3, 0.4) is 0 Å². The van der Waals surface area contributed by atoms with E-state index in [4.69, 9.17) is 19.2 Å². The molecule has 8 heavy (non-hydrogen) atoms. The molecule has 3 N–H and O–H groups in total. The van der Waals surface area contributed by atoms with E-state index in [1.54, 1.807) is 0 Å². The van der Waals surface area contributed by atoms with Gasteiger partial charge < -0.3 is 16.1 Å². The zero-order valence-electron chi connectivity index (χ0n) is 5.11. The summed E-state index contributed by atoms with van der Waals surface area (Å²) in [6, 6.07) is 0. The fourth-order valence-corrected chi connectivity index (χ4v) is 0. The number of hydrogen-bond donors (Lipinski definition) is 3. The first-order chi connectivity index (χ1) is 2.00. The summed E-state index contributed by atoms with van der Waals surface area (Å²) in [4.78, 5) is 21.6. The van der Waals surface area contributed by atoms with Crippen LogP contribution in [0.1, 0.15) is 1.43 Å². The second-order valence-electron chi connectivity index (χ2n) is 0.513. The second kappa shape index (κ2) is 9.28. The fraction of sp³-hybridized carbons (Fsp3) is 0. The van der Waals surface area contributed by atoms with Crippen LogP contribution in [0.5, 0.6) is 0 Å². The molecule has 0 rings (SSSR count). The summed E-state index contributed by atoms with van der Waals surface area (Å²) in [5.74, 6) is 0. The van der Waals surface area contributed by atoms with Crippen LogP contribution in [0.25, 0.3) is 0 Å². The quantitative estimate of drug-likeness (QED) is 0.309. The van der Waals surface area contributed by atoms with Gasteiger partial charge in [-0.05, 0) is 0 Å². The smallest absolute Gasteiger partial charge is 1.00 e. The summed E-state index contributed by atoms with van der Waals surface area (Å²) in [5.41, 5.74) is 0. The standard InChI is InChI=1S/ClH.Na.H3O4P.Zr.H/c;;1-5(2,3)4;;/h1H;;(H3,1,2,3,4);;/q;+1;;;-1. The van der Waals surface area contributed by atoms with Crippen molar-refractivity contribution in [3.63, 3.8) is 0 Å². The van der Waals surface area contributed by atoms with Gasteiger partial charge in [-0.3, -0.25) is 0 Å². The van der Waals surface area contributed by atoms with Crippen molar-refractivity contribution in [2.24, 2.45) is 0 Å². The van der Waals surface area contributed by atoms with Crippen LogP contribution in [-0.4, -0.2) is 14.7 Å². The molecule has 46 valence electrons. The molecule has 0 fully saturated rings.